The van der Waals surface area contributed by atoms with Gasteiger partial charge in [-0.25, -0.2) is 4.39 Å². The largest absolute Gasteiger partial charge is 0.300 e. The number of hydrogen-bond acceptors (Lipinski definition) is 2. The van der Waals surface area contributed by atoms with Crippen molar-refractivity contribution < 1.29 is 14.0 Å². The third-order valence-corrected chi connectivity index (χ3v) is 3.87. The maximum absolute atomic E-state index is 13.2. The molecule has 6 heteroatoms. The number of anilines is 1. The Bertz CT molecular complexity index is 776. The van der Waals surface area contributed by atoms with Crippen LogP contribution < -0.4 is 4.90 Å². The molecule has 0 spiro atoms. The highest BCUT2D eigenvalue weighted by Gasteiger charge is 2.36. The highest BCUT2D eigenvalue weighted by Crippen LogP contribution is 2.32. The molecule has 0 unspecified atom stereocenters. The first-order valence-electron chi connectivity index (χ1n) is 6.07. The molecule has 0 N–H and O–H groups in total. The minimum Gasteiger partial charge on any atom is -0.300 e. The molecule has 106 valence electrons. The van der Waals surface area contributed by atoms with Gasteiger partial charge in [0, 0.05) is 10.0 Å². The number of carbonyl (C=O) groups is 2. The Kier molecular flexibility index (Phi) is 3.43. The number of ketones is 1. The van der Waals surface area contributed by atoms with Crippen molar-refractivity contribution in [2.45, 2.75) is 6.54 Å². The number of fused-ring (bicyclic) bond motifs is 1. The van der Waals surface area contributed by atoms with Crippen molar-refractivity contribution in [1.82, 2.24) is 0 Å². The third-order valence-electron chi connectivity index (χ3n) is 3.27. The number of amides is 1. The van der Waals surface area contributed by atoms with Crippen LogP contribution in [0, 0.1) is 5.82 Å². The zero-order chi connectivity index (χ0) is 15.1. The number of Topliss-reactive ketones (excluding diaryl/α,β-unsaturated/α-hetero) is 1. The summed E-state index contributed by atoms with van der Waals surface area (Å²) in [6, 6.07) is 8.56. The van der Waals surface area contributed by atoms with Crippen molar-refractivity contribution in [3.05, 3.63) is 63.4 Å². The fraction of sp³-hybridized carbons (Fsp3) is 0.0667. The second-order valence-corrected chi connectivity index (χ2v) is 5.46. The average Bonchev–Trinajstić information content (AvgIpc) is 2.68. The van der Waals surface area contributed by atoms with E-state index in [9.17, 15) is 14.0 Å². The summed E-state index contributed by atoms with van der Waals surface area (Å²) in [7, 11) is 0. The van der Waals surface area contributed by atoms with Crippen LogP contribution in [0.5, 0.6) is 0 Å². The zero-order valence-corrected chi connectivity index (χ0v) is 12.1. The normalized spacial score (nSPS) is 13.8. The predicted molar refractivity (Wildman–Crippen MR) is 78.4 cm³/mol. The molecule has 1 aliphatic heterocycles. The lowest BCUT2D eigenvalue weighted by molar-refractivity contribution is -0.114. The first-order chi connectivity index (χ1) is 9.97. The summed E-state index contributed by atoms with van der Waals surface area (Å²) in [6.45, 7) is 0.0998. The maximum atomic E-state index is 13.2. The summed E-state index contributed by atoms with van der Waals surface area (Å²) in [5.41, 5.74) is 1.06. The van der Waals surface area contributed by atoms with Gasteiger partial charge in [0.05, 0.1) is 17.8 Å². The zero-order valence-electron chi connectivity index (χ0n) is 10.6. The van der Waals surface area contributed by atoms with Gasteiger partial charge in [0.15, 0.2) is 0 Å². The number of rotatable bonds is 2. The molecule has 1 heterocycles. The summed E-state index contributed by atoms with van der Waals surface area (Å²) in [5.74, 6) is -1.98. The van der Waals surface area contributed by atoms with Crippen molar-refractivity contribution in [3.63, 3.8) is 0 Å². The van der Waals surface area contributed by atoms with Crippen LogP contribution in [0.1, 0.15) is 15.9 Å². The van der Waals surface area contributed by atoms with Gasteiger partial charge in [-0.3, -0.25) is 9.59 Å². The Morgan fingerprint density at radius 3 is 2.57 bits per heavy atom. The summed E-state index contributed by atoms with van der Waals surface area (Å²) in [6.07, 6.45) is 0. The highest BCUT2D eigenvalue weighted by molar-refractivity contribution is 6.52. The number of halogens is 3. The van der Waals surface area contributed by atoms with Gasteiger partial charge >= 0.3 is 0 Å². The molecule has 1 aliphatic rings. The van der Waals surface area contributed by atoms with Gasteiger partial charge < -0.3 is 4.90 Å². The van der Waals surface area contributed by atoms with Gasteiger partial charge in [0.1, 0.15) is 5.82 Å². The van der Waals surface area contributed by atoms with Crippen molar-refractivity contribution in [3.8, 4) is 0 Å². The monoisotopic (exact) mass is 323 g/mol. The van der Waals surface area contributed by atoms with Crippen LogP contribution in [-0.4, -0.2) is 11.7 Å². The van der Waals surface area contributed by atoms with Crippen LogP contribution in [0.15, 0.2) is 36.4 Å². The summed E-state index contributed by atoms with van der Waals surface area (Å²) < 4.78 is 13.2. The highest BCUT2D eigenvalue weighted by atomic mass is 35.5. The van der Waals surface area contributed by atoms with Crippen molar-refractivity contribution in [1.29, 1.82) is 0 Å². The van der Waals surface area contributed by atoms with Gasteiger partial charge in [0.25, 0.3) is 11.7 Å². The predicted octanol–water partition coefficient (Wildman–Crippen LogP) is 3.86. The number of nitrogens with zero attached hydrogens (tertiary/aromatic N) is 1. The van der Waals surface area contributed by atoms with Crippen LogP contribution in [-0.2, 0) is 11.3 Å². The van der Waals surface area contributed by atoms with Crippen LogP contribution in [0.4, 0.5) is 10.1 Å². The minimum atomic E-state index is -0.720. The number of carbonyl (C=O) groups excluding carboxylic acids is 2. The molecule has 1 amide bonds. The smallest absolute Gasteiger partial charge is 0.299 e. The Morgan fingerprint density at radius 2 is 1.81 bits per heavy atom. The van der Waals surface area contributed by atoms with E-state index in [1.165, 1.54) is 17.0 Å². The van der Waals surface area contributed by atoms with E-state index in [1.54, 1.807) is 18.2 Å². The molecule has 0 saturated heterocycles. The van der Waals surface area contributed by atoms with E-state index < -0.39 is 17.5 Å². The Hall–Kier alpha value is -1.91. The average molecular weight is 324 g/mol. The van der Waals surface area contributed by atoms with E-state index in [4.69, 9.17) is 23.2 Å². The fourth-order valence-corrected chi connectivity index (χ4v) is 2.64. The number of benzene rings is 2. The maximum Gasteiger partial charge on any atom is 0.299 e. The molecule has 0 aliphatic carbocycles. The van der Waals surface area contributed by atoms with Gasteiger partial charge in [-0.15, -0.1) is 0 Å². The summed E-state index contributed by atoms with van der Waals surface area (Å²) in [5, 5.41) is 0.918. The molecule has 2 aromatic rings. The Balaban J connectivity index is 2.02. The first kappa shape index (κ1) is 14.0. The van der Waals surface area contributed by atoms with Crippen LogP contribution in [0.25, 0.3) is 0 Å². The SMILES string of the molecule is O=C1C(=O)N(Cc2cc(Cl)ccc2Cl)c2ccc(F)cc21. The van der Waals surface area contributed by atoms with Gasteiger partial charge in [0.2, 0.25) is 0 Å². The molecule has 0 fully saturated rings. The fourth-order valence-electron chi connectivity index (χ4n) is 2.26. The summed E-state index contributed by atoms with van der Waals surface area (Å²) >= 11 is 12.0. The summed E-state index contributed by atoms with van der Waals surface area (Å²) in [4.78, 5) is 25.2. The van der Waals surface area contributed by atoms with Gasteiger partial charge in [-0.2, -0.15) is 0 Å². The molecule has 0 aromatic heterocycles. The standard InChI is InChI=1S/C15H8Cl2FNO2/c16-9-1-3-12(17)8(5-9)7-19-13-4-2-10(18)6-11(13)14(20)15(19)21/h1-6H,7H2. The molecule has 3 rings (SSSR count). The molecule has 21 heavy (non-hydrogen) atoms. The van der Waals surface area contributed by atoms with Crippen molar-refractivity contribution in [2.75, 3.05) is 4.90 Å². The number of hydrogen-bond donors (Lipinski definition) is 0. The van der Waals surface area contributed by atoms with E-state index in [0.29, 0.717) is 21.3 Å². The van der Waals surface area contributed by atoms with E-state index in [1.807, 2.05) is 0 Å². The second kappa shape index (κ2) is 5.13. The van der Waals surface area contributed by atoms with E-state index in [0.717, 1.165) is 6.07 Å². The molecular weight excluding hydrogens is 316 g/mol. The third kappa shape index (κ3) is 2.41. The Morgan fingerprint density at radius 1 is 1.05 bits per heavy atom. The lowest BCUT2D eigenvalue weighted by Gasteiger charge is -2.17. The molecule has 0 bridgehead atoms. The molecule has 0 saturated carbocycles. The quantitative estimate of drug-likeness (QED) is 0.787. The van der Waals surface area contributed by atoms with E-state index >= 15 is 0 Å². The van der Waals surface area contributed by atoms with Crippen LogP contribution in [0.2, 0.25) is 10.0 Å². The van der Waals surface area contributed by atoms with Crippen LogP contribution >= 0.6 is 23.2 Å². The second-order valence-electron chi connectivity index (χ2n) is 4.62. The van der Waals surface area contributed by atoms with E-state index in [-0.39, 0.29) is 12.1 Å². The Labute approximate surface area is 129 Å². The molecule has 3 nitrogen and oxygen atoms in total. The van der Waals surface area contributed by atoms with Gasteiger partial charge in [-0.1, -0.05) is 23.2 Å². The van der Waals surface area contributed by atoms with Crippen molar-refractivity contribution in [2.24, 2.45) is 0 Å². The topological polar surface area (TPSA) is 37.4 Å². The first-order valence-corrected chi connectivity index (χ1v) is 6.82. The molecular formula is C15H8Cl2FNO2. The van der Waals surface area contributed by atoms with Crippen molar-refractivity contribution >= 4 is 40.6 Å². The molecule has 2 aromatic carbocycles. The van der Waals surface area contributed by atoms with Gasteiger partial charge in [-0.05, 0) is 42.0 Å². The molecule has 0 radical (unpaired) electrons. The molecule has 0 atom stereocenters. The lowest BCUT2D eigenvalue weighted by Crippen LogP contribution is -2.29. The lowest BCUT2D eigenvalue weighted by atomic mass is 10.1. The van der Waals surface area contributed by atoms with E-state index in [2.05, 4.69) is 0 Å². The van der Waals surface area contributed by atoms with Crippen LogP contribution in [0.3, 0.4) is 0 Å². The minimum absolute atomic E-state index is 0.0677.